The molecule has 2 nitrogen and oxygen atoms in total. The largest absolute Gasteiger partial charge is 0.456 e. The summed E-state index contributed by atoms with van der Waals surface area (Å²) >= 11 is 5.76. The van der Waals surface area contributed by atoms with Gasteiger partial charge in [0.15, 0.2) is 0 Å². The Bertz CT molecular complexity index is 650. The van der Waals surface area contributed by atoms with Gasteiger partial charge in [0.2, 0.25) is 0 Å². The molecule has 2 aromatic carbocycles. The van der Waals surface area contributed by atoms with E-state index in [1.165, 1.54) is 12.1 Å². The van der Waals surface area contributed by atoms with E-state index in [1.807, 2.05) is 0 Å². The molecule has 0 unspecified atom stereocenters. The Kier molecular flexibility index (Phi) is 7.28. The predicted octanol–water partition coefficient (Wildman–Crippen LogP) is 5.72. The molecule has 0 radical (unpaired) electrons. The van der Waals surface area contributed by atoms with Gasteiger partial charge in [0.05, 0.1) is 16.3 Å². The van der Waals surface area contributed by atoms with Gasteiger partial charge in [-0.25, -0.2) is 4.39 Å². The molecule has 0 fully saturated rings. The van der Waals surface area contributed by atoms with Crippen LogP contribution < -0.4 is 10.5 Å². The summed E-state index contributed by atoms with van der Waals surface area (Å²) in [6.07, 6.45) is -4.52. The monoisotopic (exact) mass is 377 g/mol. The van der Waals surface area contributed by atoms with Gasteiger partial charge in [-0.15, -0.1) is 24.8 Å². The van der Waals surface area contributed by atoms with Gasteiger partial charge in [-0.2, -0.15) is 13.2 Å². The maximum Gasteiger partial charge on any atom is 0.416 e. The third kappa shape index (κ3) is 4.83. The topological polar surface area (TPSA) is 35.2 Å². The molecule has 0 heterocycles. The van der Waals surface area contributed by atoms with Crippen LogP contribution in [0.4, 0.5) is 23.2 Å². The van der Waals surface area contributed by atoms with E-state index < -0.39 is 17.6 Å². The van der Waals surface area contributed by atoms with Crippen molar-refractivity contribution in [3.63, 3.8) is 0 Å². The van der Waals surface area contributed by atoms with Crippen LogP contribution in [0, 0.1) is 5.82 Å². The van der Waals surface area contributed by atoms with Gasteiger partial charge in [0.1, 0.15) is 17.3 Å². The summed E-state index contributed by atoms with van der Waals surface area (Å²) in [5.41, 5.74) is 4.29. The lowest BCUT2D eigenvalue weighted by atomic mass is 10.2. The molecule has 0 spiro atoms. The van der Waals surface area contributed by atoms with Crippen LogP contribution in [-0.2, 0) is 6.18 Å². The highest BCUT2D eigenvalue weighted by Gasteiger charge is 2.31. The first kappa shape index (κ1) is 20.6. The highest BCUT2D eigenvalue weighted by Crippen LogP contribution is 2.37. The molecule has 0 saturated heterocycles. The van der Waals surface area contributed by atoms with E-state index in [1.54, 1.807) is 0 Å². The van der Waals surface area contributed by atoms with Crippen LogP contribution in [0.15, 0.2) is 36.4 Å². The van der Waals surface area contributed by atoms with Crippen molar-refractivity contribution in [1.29, 1.82) is 0 Å². The van der Waals surface area contributed by atoms with E-state index in [0.717, 1.165) is 24.3 Å². The number of ether oxygens (including phenoxy) is 1. The molecule has 2 N–H and O–H groups in total. The fraction of sp³-hybridized carbons (Fsp3) is 0.0769. The third-order valence-corrected chi connectivity index (χ3v) is 2.77. The Morgan fingerprint density at radius 1 is 1.00 bits per heavy atom. The first-order chi connectivity index (χ1) is 9.27. The number of hydrogen-bond donors (Lipinski definition) is 1. The van der Waals surface area contributed by atoms with Gasteiger partial charge in [0.25, 0.3) is 0 Å². The SMILES string of the molecule is Cl.Cl.Nc1ccc(Oc2cc(C(F)(F)F)ccc2Cl)cc1F. The number of nitrogens with two attached hydrogens (primary N) is 1. The Balaban J connectivity index is 0.00000220. The summed E-state index contributed by atoms with van der Waals surface area (Å²) in [5.74, 6) is -0.950. The summed E-state index contributed by atoms with van der Waals surface area (Å²) < 4.78 is 56.1. The van der Waals surface area contributed by atoms with Crippen molar-refractivity contribution in [2.75, 3.05) is 5.73 Å². The van der Waals surface area contributed by atoms with Gasteiger partial charge in [-0.3, -0.25) is 0 Å². The van der Waals surface area contributed by atoms with Gasteiger partial charge in [-0.05, 0) is 30.3 Å². The molecule has 0 atom stereocenters. The zero-order chi connectivity index (χ0) is 14.9. The number of halogens is 7. The molecule has 0 bridgehead atoms. The first-order valence-electron chi connectivity index (χ1n) is 5.37. The van der Waals surface area contributed by atoms with Crippen LogP contribution in [0.5, 0.6) is 11.5 Å². The van der Waals surface area contributed by atoms with Crippen molar-refractivity contribution < 1.29 is 22.3 Å². The highest BCUT2D eigenvalue weighted by molar-refractivity contribution is 6.32. The van der Waals surface area contributed by atoms with Crippen LogP contribution in [0.25, 0.3) is 0 Å². The number of benzene rings is 2. The van der Waals surface area contributed by atoms with Crippen molar-refractivity contribution in [3.8, 4) is 11.5 Å². The van der Waals surface area contributed by atoms with E-state index >= 15 is 0 Å². The fourth-order valence-electron chi connectivity index (χ4n) is 1.46. The molecule has 0 aliphatic heterocycles. The quantitative estimate of drug-likeness (QED) is 0.536. The molecular formula is C13H10Cl3F4NO. The minimum atomic E-state index is -4.52. The average Bonchev–Trinajstić information content (AvgIpc) is 2.35. The van der Waals surface area contributed by atoms with Gasteiger partial charge in [0, 0.05) is 6.07 Å². The maximum absolute atomic E-state index is 13.2. The average molecular weight is 379 g/mol. The lowest BCUT2D eigenvalue weighted by Gasteiger charge is -2.12. The molecule has 0 saturated carbocycles. The van der Waals surface area contributed by atoms with E-state index in [-0.39, 0.29) is 47.0 Å². The summed E-state index contributed by atoms with van der Waals surface area (Å²) in [6, 6.07) is 6.18. The molecule has 0 aliphatic rings. The van der Waals surface area contributed by atoms with Crippen LogP contribution in [-0.4, -0.2) is 0 Å². The molecule has 9 heteroatoms. The number of nitrogen functional groups attached to an aromatic ring is 1. The Labute approximate surface area is 141 Å². The number of alkyl halides is 3. The standard InChI is InChI=1S/C13H8ClF4NO.2ClH/c14-9-3-1-7(13(16,17)18)5-12(9)20-8-2-4-11(19)10(15)6-8;;/h1-6H,19H2;2*1H. The highest BCUT2D eigenvalue weighted by atomic mass is 35.5. The Hall–Kier alpha value is -1.37. The van der Waals surface area contributed by atoms with Gasteiger partial charge >= 0.3 is 6.18 Å². The minimum Gasteiger partial charge on any atom is -0.456 e. The lowest BCUT2D eigenvalue weighted by Crippen LogP contribution is -2.04. The smallest absolute Gasteiger partial charge is 0.416 e. The molecule has 22 heavy (non-hydrogen) atoms. The number of anilines is 1. The summed E-state index contributed by atoms with van der Waals surface area (Å²) in [6.45, 7) is 0. The van der Waals surface area contributed by atoms with E-state index in [0.29, 0.717) is 0 Å². The molecule has 0 amide bonds. The second-order valence-corrected chi connectivity index (χ2v) is 4.34. The number of rotatable bonds is 2. The molecule has 2 aromatic rings. The minimum absolute atomic E-state index is 0. The second kappa shape index (κ2) is 7.76. The maximum atomic E-state index is 13.2. The molecule has 0 aromatic heterocycles. The molecule has 122 valence electrons. The summed E-state index contributed by atoms with van der Waals surface area (Å²) in [7, 11) is 0. The van der Waals surface area contributed by atoms with Crippen molar-refractivity contribution in [2.45, 2.75) is 6.18 Å². The number of hydrogen-bond acceptors (Lipinski definition) is 2. The summed E-state index contributed by atoms with van der Waals surface area (Å²) in [5, 5.41) is -0.0183. The lowest BCUT2D eigenvalue weighted by molar-refractivity contribution is -0.137. The van der Waals surface area contributed by atoms with Crippen molar-refractivity contribution >= 4 is 42.1 Å². The molecule has 0 aliphatic carbocycles. The normalized spacial score (nSPS) is 10.4. The van der Waals surface area contributed by atoms with Crippen molar-refractivity contribution in [3.05, 3.63) is 52.8 Å². The van der Waals surface area contributed by atoms with E-state index in [2.05, 4.69) is 0 Å². The van der Waals surface area contributed by atoms with E-state index in [9.17, 15) is 17.6 Å². The fourth-order valence-corrected chi connectivity index (χ4v) is 1.61. The second-order valence-electron chi connectivity index (χ2n) is 3.93. The predicted molar refractivity (Wildman–Crippen MR) is 81.8 cm³/mol. The van der Waals surface area contributed by atoms with Crippen LogP contribution in [0.1, 0.15) is 5.56 Å². The first-order valence-corrected chi connectivity index (χ1v) is 5.75. The van der Waals surface area contributed by atoms with E-state index in [4.69, 9.17) is 22.1 Å². The van der Waals surface area contributed by atoms with Crippen LogP contribution in [0.3, 0.4) is 0 Å². The summed E-state index contributed by atoms with van der Waals surface area (Å²) in [4.78, 5) is 0. The molecular weight excluding hydrogens is 369 g/mol. The van der Waals surface area contributed by atoms with Crippen LogP contribution in [0.2, 0.25) is 5.02 Å². The van der Waals surface area contributed by atoms with Crippen molar-refractivity contribution in [1.82, 2.24) is 0 Å². The Morgan fingerprint density at radius 2 is 1.64 bits per heavy atom. The van der Waals surface area contributed by atoms with Gasteiger partial charge < -0.3 is 10.5 Å². The van der Waals surface area contributed by atoms with Crippen LogP contribution >= 0.6 is 36.4 Å². The Morgan fingerprint density at radius 3 is 2.18 bits per heavy atom. The van der Waals surface area contributed by atoms with Gasteiger partial charge in [-0.1, -0.05) is 11.6 Å². The zero-order valence-electron chi connectivity index (χ0n) is 10.7. The third-order valence-electron chi connectivity index (χ3n) is 2.46. The zero-order valence-corrected chi connectivity index (χ0v) is 13.0. The van der Waals surface area contributed by atoms with Crippen molar-refractivity contribution in [2.24, 2.45) is 0 Å². The molecule has 2 rings (SSSR count).